The van der Waals surface area contributed by atoms with E-state index in [0.717, 1.165) is 24.5 Å². The fraction of sp³-hybridized carbons (Fsp3) is 0.364. The zero-order valence-corrected chi connectivity index (χ0v) is 17.3. The Balaban J connectivity index is 1.46. The minimum atomic E-state index is -0.263. The van der Waals surface area contributed by atoms with Crippen LogP contribution in [0.2, 0.25) is 5.02 Å². The molecule has 0 aromatic heterocycles. The highest BCUT2D eigenvalue weighted by molar-refractivity contribution is 6.33. The predicted octanol–water partition coefficient (Wildman–Crippen LogP) is 3.21. The van der Waals surface area contributed by atoms with Crippen LogP contribution in [-0.2, 0) is 4.79 Å². The Morgan fingerprint density at radius 1 is 1.03 bits per heavy atom. The van der Waals surface area contributed by atoms with Crippen LogP contribution >= 0.6 is 11.6 Å². The Labute approximate surface area is 176 Å². The SMILES string of the molecule is CCOc1ccccc1N1CCN(C(=O)CCNC(=O)c2ccccc2Cl)CC1. The lowest BCUT2D eigenvalue weighted by atomic mass is 10.2. The van der Waals surface area contributed by atoms with Gasteiger partial charge in [-0.2, -0.15) is 0 Å². The van der Waals surface area contributed by atoms with Gasteiger partial charge in [0.2, 0.25) is 5.91 Å². The molecule has 1 heterocycles. The van der Waals surface area contributed by atoms with E-state index >= 15 is 0 Å². The molecule has 0 bridgehead atoms. The van der Waals surface area contributed by atoms with Gasteiger partial charge in [0.05, 0.1) is 22.9 Å². The van der Waals surface area contributed by atoms with Crippen LogP contribution in [0.1, 0.15) is 23.7 Å². The topological polar surface area (TPSA) is 61.9 Å². The van der Waals surface area contributed by atoms with Crippen molar-refractivity contribution < 1.29 is 14.3 Å². The molecule has 1 aliphatic rings. The van der Waals surface area contributed by atoms with Gasteiger partial charge in [-0.05, 0) is 31.2 Å². The van der Waals surface area contributed by atoms with Crippen molar-refractivity contribution in [3.8, 4) is 5.75 Å². The molecule has 1 fully saturated rings. The van der Waals surface area contributed by atoms with Crippen LogP contribution in [0, 0.1) is 0 Å². The summed E-state index contributed by atoms with van der Waals surface area (Å²) in [5.41, 5.74) is 1.48. The van der Waals surface area contributed by atoms with E-state index in [1.54, 1.807) is 24.3 Å². The monoisotopic (exact) mass is 415 g/mol. The highest BCUT2D eigenvalue weighted by atomic mass is 35.5. The maximum Gasteiger partial charge on any atom is 0.252 e. The second kappa shape index (κ2) is 10.2. The van der Waals surface area contributed by atoms with Crippen LogP contribution in [0.15, 0.2) is 48.5 Å². The fourth-order valence-corrected chi connectivity index (χ4v) is 3.60. The number of anilines is 1. The Hall–Kier alpha value is -2.73. The van der Waals surface area contributed by atoms with E-state index in [-0.39, 0.29) is 24.8 Å². The van der Waals surface area contributed by atoms with Crippen molar-refractivity contribution in [2.75, 3.05) is 44.2 Å². The Bertz CT molecular complexity index is 851. The van der Waals surface area contributed by atoms with Crippen LogP contribution in [-0.4, -0.2) is 56.0 Å². The van der Waals surface area contributed by atoms with Gasteiger partial charge in [-0.15, -0.1) is 0 Å². The molecule has 0 saturated carbocycles. The van der Waals surface area contributed by atoms with Crippen molar-refractivity contribution in [2.24, 2.45) is 0 Å². The number of nitrogens with zero attached hydrogens (tertiary/aromatic N) is 2. The zero-order chi connectivity index (χ0) is 20.6. The van der Waals surface area contributed by atoms with Gasteiger partial charge in [-0.25, -0.2) is 0 Å². The molecule has 2 aromatic rings. The van der Waals surface area contributed by atoms with Gasteiger partial charge >= 0.3 is 0 Å². The smallest absolute Gasteiger partial charge is 0.252 e. The summed E-state index contributed by atoms with van der Waals surface area (Å²) in [6, 6.07) is 14.8. The molecule has 154 valence electrons. The maximum atomic E-state index is 12.5. The van der Waals surface area contributed by atoms with Crippen molar-refractivity contribution in [3.63, 3.8) is 0 Å². The quantitative estimate of drug-likeness (QED) is 0.754. The van der Waals surface area contributed by atoms with Crippen LogP contribution in [0.5, 0.6) is 5.75 Å². The highest BCUT2D eigenvalue weighted by Crippen LogP contribution is 2.28. The number of para-hydroxylation sites is 2. The van der Waals surface area contributed by atoms with E-state index in [9.17, 15) is 9.59 Å². The minimum Gasteiger partial charge on any atom is -0.492 e. The summed E-state index contributed by atoms with van der Waals surface area (Å²) in [5, 5.41) is 3.17. The normalized spacial score (nSPS) is 13.9. The molecular formula is C22H26ClN3O3. The first kappa shape index (κ1) is 21.0. The third-order valence-corrected chi connectivity index (χ3v) is 5.21. The van der Waals surface area contributed by atoms with Gasteiger partial charge in [0.15, 0.2) is 0 Å². The average Bonchev–Trinajstić information content (AvgIpc) is 2.74. The number of carbonyl (C=O) groups excluding carboxylic acids is 2. The Kier molecular flexibility index (Phi) is 7.36. The van der Waals surface area contributed by atoms with Crippen molar-refractivity contribution in [3.05, 3.63) is 59.1 Å². The maximum absolute atomic E-state index is 12.5. The molecule has 1 N–H and O–H groups in total. The van der Waals surface area contributed by atoms with E-state index in [4.69, 9.17) is 16.3 Å². The van der Waals surface area contributed by atoms with E-state index in [0.29, 0.717) is 30.3 Å². The fourth-order valence-electron chi connectivity index (χ4n) is 3.37. The third-order valence-electron chi connectivity index (χ3n) is 4.88. The van der Waals surface area contributed by atoms with Crippen LogP contribution < -0.4 is 15.0 Å². The van der Waals surface area contributed by atoms with Crippen LogP contribution in [0.25, 0.3) is 0 Å². The number of hydrogen-bond acceptors (Lipinski definition) is 4. The van der Waals surface area contributed by atoms with E-state index in [2.05, 4.69) is 10.2 Å². The molecular weight excluding hydrogens is 390 g/mol. The first-order valence-corrected chi connectivity index (χ1v) is 10.2. The molecule has 3 rings (SSSR count). The summed E-state index contributed by atoms with van der Waals surface area (Å²) in [5.74, 6) is 0.653. The number of benzene rings is 2. The van der Waals surface area contributed by atoms with Gasteiger partial charge in [0.25, 0.3) is 5.91 Å². The first-order valence-electron chi connectivity index (χ1n) is 9.87. The second-order valence-corrected chi connectivity index (χ2v) is 7.16. The first-order chi connectivity index (χ1) is 14.1. The molecule has 29 heavy (non-hydrogen) atoms. The van der Waals surface area contributed by atoms with Gasteiger partial charge in [0, 0.05) is 39.1 Å². The summed E-state index contributed by atoms with van der Waals surface area (Å²) in [4.78, 5) is 28.8. The largest absolute Gasteiger partial charge is 0.492 e. The van der Waals surface area contributed by atoms with E-state index in [1.807, 2.05) is 36.1 Å². The molecule has 2 aromatic carbocycles. The van der Waals surface area contributed by atoms with Gasteiger partial charge in [-0.1, -0.05) is 35.9 Å². The van der Waals surface area contributed by atoms with Gasteiger partial charge in [-0.3, -0.25) is 9.59 Å². The summed E-state index contributed by atoms with van der Waals surface area (Å²) >= 11 is 6.03. The van der Waals surface area contributed by atoms with Gasteiger partial charge < -0.3 is 19.9 Å². The van der Waals surface area contributed by atoms with Crippen molar-refractivity contribution in [1.82, 2.24) is 10.2 Å². The molecule has 0 aliphatic carbocycles. The number of nitrogens with one attached hydrogen (secondary N) is 1. The number of piperazine rings is 1. The lowest BCUT2D eigenvalue weighted by Crippen LogP contribution is -2.49. The van der Waals surface area contributed by atoms with Crippen molar-refractivity contribution in [1.29, 1.82) is 0 Å². The number of rotatable bonds is 7. The number of halogens is 1. The Morgan fingerprint density at radius 3 is 2.45 bits per heavy atom. The summed E-state index contributed by atoms with van der Waals surface area (Å²) < 4.78 is 5.71. The molecule has 6 nitrogen and oxygen atoms in total. The second-order valence-electron chi connectivity index (χ2n) is 6.75. The molecule has 0 unspecified atom stereocenters. The number of hydrogen-bond donors (Lipinski definition) is 1. The molecule has 2 amide bonds. The predicted molar refractivity (Wildman–Crippen MR) is 115 cm³/mol. The zero-order valence-electron chi connectivity index (χ0n) is 16.6. The lowest BCUT2D eigenvalue weighted by molar-refractivity contribution is -0.131. The van der Waals surface area contributed by atoms with E-state index in [1.165, 1.54) is 0 Å². The number of carbonyl (C=O) groups is 2. The van der Waals surface area contributed by atoms with Gasteiger partial charge in [0.1, 0.15) is 5.75 Å². The third kappa shape index (κ3) is 5.41. The standard InChI is InChI=1S/C22H26ClN3O3/c1-2-29-20-10-6-5-9-19(20)25-13-15-26(16-14-25)21(27)11-12-24-22(28)17-7-3-4-8-18(17)23/h3-10H,2,11-16H2,1H3,(H,24,28). The summed E-state index contributed by atoms with van der Waals surface area (Å²) in [6.45, 7) is 5.68. The van der Waals surface area contributed by atoms with Crippen LogP contribution in [0.3, 0.4) is 0 Å². The summed E-state index contributed by atoms with van der Waals surface area (Å²) in [7, 11) is 0. The summed E-state index contributed by atoms with van der Waals surface area (Å²) in [6.07, 6.45) is 0.270. The number of amides is 2. The minimum absolute atomic E-state index is 0.0437. The van der Waals surface area contributed by atoms with Crippen molar-refractivity contribution in [2.45, 2.75) is 13.3 Å². The van der Waals surface area contributed by atoms with E-state index < -0.39 is 0 Å². The molecule has 1 aliphatic heterocycles. The van der Waals surface area contributed by atoms with Crippen LogP contribution in [0.4, 0.5) is 5.69 Å². The molecule has 7 heteroatoms. The molecule has 0 atom stereocenters. The lowest BCUT2D eigenvalue weighted by Gasteiger charge is -2.36. The molecule has 0 radical (unpaired) electrons. The highest BCUT2D eigenvalue weighted by Gasteiger charge is 2.22. The number of ether oxygens (including phenoxy) is 1. The average molecular weight is 416 g/mol. The molecule has 0 spiro atoms. The van der Waals surface area contributed by atoms with Crippen molar-refractivity contribution >= 4 is 29.1 Å². The Morgan fingerprint density at radius 2 is 1.72 bits per heavy atom. The molecule has 1 saturated heterocycles.